The molecule has 18 heavy (non-hydrogen) atoms. The van der Waals surface area contributed by atoms with Gasteiger partial charge in [-0.25, -0.2) is 0 Å². The van der Waals surface area contributed by atoms with Crippen molar-refractivity contribution in [3.63, 3.8) is 0 Å². The number of aryl methyl sites for hydroxylation is 1. The maximum Gasteiger partial charge on any atom is 0.208 e. The third-order valence-corrected chi connectivity index (χ3v) is 2.71. The van der Waals surface area contributed by atoms with Crippen molar-refractivity contribution in [3.8, 4) is 0 Å². The average Bonchev–Trinajstić information content (AvgIpc) is 2.75. The summed E-state index contributed by atoms with van der Waals surface area (Å²) >= 11 is 0. The number of carbonyl (C=O) groups is 1. The number of rotatable bonds is 4. The zero-order valence-corrected chi connectivity index (χ0v) is 10.9. The Morgan fingerprint density at radius 1 is 1.39 bits per heavy atom. The van der Waals surface area contributed by atoms with Crippen molar-refractivity contribution in [3.05, 3.63) is 42.2 Å². The maximum atomic E-state index is 12.1. The van der Waals surface area contributed by atoms with Crippen LogP contribution < -0.4 is 0 Å². The Hall–Kier alpha value is -2.10. The van der Waals surface area contributed by atoms with Crippen LogP contribution in [0.5, 0.6) is 0 Å². The summed E-state index contributed by atoms with van der Waals surface area (Å²) in [6.07, 6.45) is 3.29. The Labute approximate surface area is 107 Å². The van der Waals surface area contributed by atoms with Crippen molar-refractivity contribution in [2.24, 2.45) is 0 Å². The van der Waals surface area contributed by atoms with E-state index in [1.54, 1.807) is 12.3 Å². The van der Waals surface area contributed by atoms with E-state index >= 15 is 0 Å². The third kappa shape index (κ3) is 2.27. The SMILES string of the molecule is CCn1nc(C(=O)/C=C/N(C)C)c2ccccc21. The number of para-hydroxylation sites is 1. The van der Waals surface area contributed by atoms with Gasteiger partial charge < -0.3 is 4.90 Å². The zero-order chi connectivity index (χ0) is 13.1. The minimum atomic E-state index is -0.0629. The van der Waals surface area contributed by atoms with Gasteiger partial charge in [0.25, 0.3) is 0 Å². The van der Waals surface area contributed by atoms with E-state index in [0.29, 0.717) is 5.69 Å². The Bertz CT molecular complexity index is 596. The molecule has 0 amide bonds. The highest BCUT2D eigenvalue weighted by atomic mass is 16.1. The largest absolute Gasteiger partial charge is 0.383 e. The molecule has 0 aliphatic carbocycles. The van der Waals surface area contributed by atoms with Crippen LogP contribution in [0.4, 0.5) is 0 Å². The van der Waals surface area contributed by atoms with Crippen LogP contribution in [0.3, 0.4) is 0 Å². The number of hydrogen-bond acceptors (Lipinski definition) is 3. The molecular formula is C14H17N3O. The van der Waals surface area contributed by atoms with Gasteiger partial charge in [-0.05, 0) is 13.0 Å². The van der Waals surface area contributed by atoms with Crippen LogP contribution >= 0.6 is 0 Å². The number of allylic oxidation sites excluding steroid dienone is 1. The van der Waals surface area contributed by atoms with Gasteiger partial charge in [-0.2, -0.15) is 5.10 Å². The van der Waals surface area contributed by atoms with Crippen LogP contribution in [0.2, 0.25) is 0 Å². The third-order valence-electron chi connectivity index (χ3n) is 2.71. The lowest BCUT2D eigenvalue weighted by molar-refractivity contribution is 0.104. The molecule has 1 aromatic carbocycles. The zero-order valence-electron chi connectivity index (χ0n) is 10.9. The molecule has 0 saturated heterocycles. The summed E-state index contributed by atoms with van der Waals surface area (Å²) in [7, 11) is 3.76. The molecule has 0 bridgehead atoms. The molecule has 0 radical (unpaired) electrons. The lowest BCUT2D eigenvalue weighted by atomic mass is 10.1. The Morgan fingerprint density at radius 2 is 2.11 bits per heavy atom. The molecule has 2 aromatic rings. The first-order valence-electron chi connectivity index (χ1n) is 5.98. The van der Waals surface area contributed by atoms with Gasteiger partial charge in [0.15, 0.2) is 0 Å². The maximum absolute atomic E-state index is 12.1. The predicted molar refractivity (Wildman–Crippen MR) is 72.6 cm³/mol. The highest BCUT2D eigenvalue weighted by Crippen LogP contribution is 2.19. The number of fused-ring (bicyclic) bond motifs is 1. The van der Waals surface area contributed by atoms with Crippen molar-refractivity contribution >= 4 is 16.7 Å². The second kappa shape index (κ2) is 5.04. The van der Waals surface area contributed by atoms with Crippen LogP contribution in [0, 0.1) is 0 Å². The number of hydrogen-bond donors (Lipinski definition) is 0. The lowest BCUT2D eigenvalue weighted by Gasteiger charge is -2.01. The lowest BCUT2D eigenvalue weighted by Crippen LogP contribution is -2.04. The topological polar surface area (TPSA) is 38.1 Å². The van der Waals surface area contributed by atoms with E-state index in [4.69, 9.17) is 0 Å². The molecule has 0 aliphatic heterocycles. The molecule has 0 aliphatic rings. The van der Waals surface area contributed by atoms with Crippen molar-refractivity contribution in [2.45, 2.75) is 13.5 Å². The Morgan fingerprint density at radius 3 is 2.78 bits per heavy atom. The van der Waals surface area contributed by atoms with E-state index < -0.39 is 0 Å². The first-order valence-corrected chi connectivity index (χ1v) is 5.98. The number of aromatic nitrogens is 2. The van der Waals surface area contributed by atoms with Gasteiger partial charge >= 0.3 is 0 Å². The van der Waals surface area contributed by atoms with Crippen LogP contribution in [0.25, 0.3) is 10.9 Å². The highest BCUT2D eigenvalue weighted by Gasteiger charge is 2.13. The average molecular weight is 243 g/mol. The normalized spacial score (nSPS) is 11.3. The molecule has 94 valence electrons. The second-order valence-electron chi connectivity index (χ2n) is 4.33. The monoisotopic (exact) mass is 243 g/mol. The predicted octanol–water partition coefficient (Wildman–Crippen LogP) is 2.31. The first-order chi connectivity index (χ1) is 8.63. The highest BCUT2D eigenvalue weighted by molar-refractivity contribution is 6.11. The van der Waals surface area contributed by atoms with Crippen LogP contribution in [-0.4, -0.2) is 34.6 Å². The number of nitrogens with zero attached hydrogens (tertiary/aromatic N) is 3. The van der Waals surface area contributed by atoms with E-state index in [9.17, 15) is 4.79 Å². The van der Waals surface area contributed by atoms with Gasteiger partial charge in [-0.1, -0.05) is 18.2 Å². The van der Waals surface area contributed by atoms with Crippen molar-refractivity contribution < 1.29 is 4.79 Å². The van der Waals surface area contributed by atoms with Crippen LogP contribution in [0.15, 0.2) is 36.5 Å². The Kier molecular flexibility index (Phi) is 3.46. The van der Waals surface area contributed by atoms with Crippen molar-refractivity contribution in [2.75, 3.05) is 14.1 Å². The van der Waals surface area contributed by atoms with Gasteiger partial charge in [0.2, 0.25) is 5.78 Å². The fraction of sp³-hybridized carbons (Fsp3) is 0.286. The number of benzene rings is 1. The number of carbonyl (C=O) groups excluding carboxylic acids is 1. The molecule has 0 saturated carbocycles. The summed E-state index contributed by atoms with van der Waals surface area (Å²) in [5, 5.41) is 5.29. The first kappa shape index (κ1) is 12.4. The van der Waals surface area contributed by atoms with Gasteiger partial charge in [0, 0.05) is 38.3 Å². The minimum absolute atomic E-state index is 0.0629. The van der Waals surface area contributed by atoms with E-state index in [-0.39, 0.29) is 5.78 Å². The minimum Gasteiger partial charge on any atom is -0.383 e. The van der Waals surface area contributed by atoms with E-state index in [1.807, 2.05) is 54.9 Å². The van der Waals surface area contributed by atoms with Gasteiger partial charge in [0.05, 0.1) is 5.52 Å². The molecule has 1 heterocycles. The Balaban J connectivity index is 2.48. The second-order valence-corrected chi connectivity index (χ2v) is 4.33. The molecular weight excluding hydrogens is 226 g/mol. The van der Waals surface area contributed by atoms with Crippen molar-refractivity contribution in [1.82, 2.24) is 14.7 Å². The molecule has 0 atom stereocenters. The standard InChI is InChI=1S/C14H17N3O/c1-4-17-12-8-6-5-7-11(12)14(15-17)13(18)9-10-16(2)3/h5-10H,4H2,1-3H3/b10-9+. The summed E-state index contributed by atoms with van der Waals surface area (Å²) in [5.41, 5.74) is 1.52. The summed E-state index contributed by atoms with van der Waals surface area (Å²) in [6, 6.07) is 7.81. The fourth-order valence-electron chi connectivity index (χ4n) is 1.85. The van der Waals surface area contributed by atoms with Gasteiger partial charge in [-0.15, -0.1) is 0 Å². The summed E-state index contributed by atoms with van der Waals surface area (Å²) < 4.78 is 1.85. The fourth-order valence-corrected chi connectivity index (χ4v) is 1.85. The van der Waals surface area contributed by atoms with Crippen molar-refractivity contribution in [1.29, 1.82) is 0 Å². The van der Waals surface area contributed by atoms with Crippen LogP contribution in [0.1, 0.15) is 17.4 Å². The smallest absolute Gasteiger partial charge is 0.208 e. The van der Waals surface area contributed by atoms with E-state index in [0.717, 1.165) is 17.4 Å². The molecule has 4 nitrogen and oxygen atoms in total. The van der Waals surface area contributed by atoms with Gasteiger partial charge in [-0.3, -0.25) is 9.48 Å². The molecule has 0 N–H and O–H groups in total. The molecule has 1 aromatic heterocycles. The summed E-state index contributed by atoms with van der Waals surface area (Å²) in [5.74, 6) is -0.0629. The van der Waals surface area contributed by atoms with Crippen LogP contribution in [-0.2, 0) is 6.54 Å². The van der Waals surface area contributed by atoms with E-state index in [1.165, 1.54) is 0 Å². The van der Waals surface area contributed by atoms with Gasteiger partial charge in [0.1, 0.15) is 5.69 Å². The molecule has 4 heteroatoms. The quantitative estimate of drug-likeness (QED) is 0.611. The molecule has 2 rings (SSSR count). The van der Waals surface area contributed by atoms with E-state index in [2.05, 4.69) is 5.10 Å². The summed E-state index contributed by atoms with van der Waals surface area (Å²) in [4.78, 5) is 13.9. The molecule has 0 unspecified atom stereocenters. The molecule has 0 spiro atoms. The number of ketones is 1. The molecule has 0 fully saturated rings. The summed E-state index contributed by atoms with van der Waals surface area (Å²) in [6.45, 7) is 2.77.